The van der Waals surface area contributed by atoms with E-state index in [-0.39, 0.29) is 24.3 Å². The highest BCUT2D eigenvalue weighted by atomic mass is 16.6. The van der Waals surface area contributed by atoms with Crippen molar-refractivity contribution >= 4 is 23.0 Å². The third-order valence-electron chi connectivity index (χ3n) is 9.78. The van der Waals surface area contributed by atoms with Crippen molar-refractivity contribution in [3.8, 4) is 33.6 Å². The summed E-state index contributed by atoms with van der Waals surface area (Å²) in [7, 11) is 0. The Kier molecular flexibility index (Phi) is 9.13. The van der Waals surface area contributed by atoms with Gasteiger partial charge in [-0.15, -0.1) is 0 Å². The molecule has 2 amide bonds. The van der Waals surface area contributed by atoms with Crippen molar-refractivity contribution in [1.29, 1.82) is 0 Å². The van der Waals surface area contributed by atoms with Gasteiger partial charge in [0.25, 0.3) is 0 Å². The predicted octanol–water partition coefficient (Wildman–Crippen LogP) is 9.92. The molecule has 4 atom stereocenters. The molecule has 0 saturated carbocycles. The number of likely N-dealkylation sites (tertiary alicyclic amines) is 2. The average Bonchev–Trinajstić information content (AvgIpc) is 3.89. The lowest BCUT2D eigenvalue weighted by molar-refractivity contribution is 0.0204. The number of H-pyrrole nitrogens is 2. The summed E-state index contributed by atoms with van der Waals surface area (Å²) >= 11 is 0. The first kappa shape index (κ1) is 35.3. The van der Waals surface area contributed by atoms with Gasteiger partial charge in [-0.1, -0.05) is 62.4 Å². The molecule has 272 valence electrons. The maximum absolute atomic E-state index is 13.0. The van der Waals surface area contributed by atoms with E-state index in [2.05, 4.69) is 84.5 Å². The topological polar surface area (TPSA) is 116 Å². The van der Waals surface area contributed by atoms with E-state index in [4.69, 9.17) is 19.4 Å². The molecule has 2 aliphatic rings. The smallest absolute Gasteiger partial charge is 0.410 e. The molecule has 0 bridgehead atoms. The molecule has 2 fully saturated rings. The first-order valence-electron chi connectivity index (χ1n) is 18.3. The Labute approximate surface area is 305 Å². The average molecular weight is 703 g/mol. The number of nitrogens with zero attached hydrogens (tertiary/aromatic N) is 4. The summed E-state index contributed by atoms with van der Waals surface area (Å²) in [5.41, 5.74) is 5.05. The number of benzene rings is 3. The molecule has 2 N–H and O–H groups in total. The van der Waals surface area contributed by atoms with Crippen LogP contribution in [0.3, 0.4) is 0 Å². The first-order valence-corrected chi connectivity index (χ1v) is 18.3. The highest BCUT2D eigenvalue weighted by molar-refractivity contribution is 5.90. The zero-order valence-electron chi connectivity index (χ0n) is 31.5. The Morgan fingerprint density at radius 1 is 0.615 bits per heavy atom. The number of imidazole rings is 2. The highest BCUT2D eigenvalue weighted by Crippen LogP contribution is 2.38. The van der Waals surface area contributed by atoms with Crippen LogP contribution in [-0.4, -0.2) is 66.2 Å². The molecule has 2 aliphatic heterocycles. The monoisotopic (exact) mass is 702 g/mol. The maximum atomic E-state index is 13.0. The second kappa shape index (κ2) is 13.5. The molecule has 0 unspecified atom stereocenters. The summed E-state index contributed by atoms with van der Waals surface area (Å²) in [6, 6.07) is 21.1. The first-order chi connectivity index (χ1) is 24.6. The fraction of sp³-hybridized carbons (Fsp3) is 0.429. The van der Waals surface area contributed by atoms with Gasteiger partial charge < -0.3 is 19.4 Å². The van der Waals surface area contributed by atoms with Crippen LogP contribution in [-0.2, 0) is 9.47 Å². The minimum absolute atomic E-state index is 0.142. The van der Waals surface area contributed by atoms with E-state index in [1.54, 1.807) is 9.80 Å². The number of carbonyl (C=O) groups excluding carboxylic acids is 2. The van der Waals surface area contributed by atoms with Crippen molar-refractivity contribution in [2.24, 2.45) is 11.8 Å². The van der Waals surface area contributed by atoms with Crippen LogP contribution in [0.25, 0.3) is 44.4 Å². The van der Waals surface area contributed by atoms with Crippen molar-refractivity contribution in [2.45, 2.75) is 91.5 Å². The Balaban J connectivity index is 1.05. The SMILES string of the molecule is C[C@@H]1C[C@@H](c2ncc(-c3ccc(-c4ccc5cc(-c6cnc([C@@H]7C[C@@H](C)CN7C(=O)OC(C)(C)C)[nH]6)ccc5c4)cc3)[nH]2)N(C(=O)OC(C)(C)C)C1. The van der Waals surface area contributed by atoms with Crippen LogP contribution >= 0.6 is 0 Å². The lowest BCUT2D eigenvalue weighted by atomic mass is 9.98. The number of hydrogen-bond acceptors (Lipinski definition) is 6. The molecule has 10 nitrogen and oxygen atoms in total. The van der Waals surface area contributed by atoms with Gasteiger partial charge in [-0.25, -0.2) is 19.6 Å². The van der Waals surface area contributed by atoms with Crippen LogP contribution < -0.4 is 0 Å². The zero-order chi connectivity index (χ0) is 36.9. The number of carbonyl (C=O) groups is 2. The second-order valence-corrected chi connectivity index (χ2v) is 16.7. The Bertz CT molecular complexity index is 2090. The summed E-state index contributed by atoms with van der Waals surface area (Å²) < 4.78 is 11.4. The zero-order valence-corrected chi connectivity index (χ0v) is 31.5. The molecule has 3 aromatic carbocycles. The minimum atomic E-state index is -0.551. The predicted molar refractivity (Wildman–Crippen MR) is 203 cm³/mol. The number of fused-ring (bicyclic) bond motifs is 1. The van der Waals surface area contributed by atoms with Crippen LogP contribution in [0.2, 0.25) is 0 Å². The van der Waals surface area contributed by atoms with Crippen LogP contribution in [0.15, 0.2) is 73.1 Å². The van der Waals surface area contributed by atoms with Gasteiger partial charge in [-0.05, 0) is 106 Å². The van der Waals surface area contributed by atoms with E-state index in [9.17, 15) is 9.59 Å². The summed E-state index contributed by atoms with van der Waals surface area (Å²) in [5, 5.41) is 2.27. The van der Waals surface area contributed by atoms with Gasteiger partial charge in [0.2, 0.25) is 0 Å². The molecule has 0 radical (unpaired) electrons. The molecule has 0 aliphatic carbocycles. The number of ether oxygens (including phenoxy) is 2. The number of amides is 2. The molecule has 5 aromatic rings. The molecule has 10 heteroatoms. The molecule has 0 spiro atoms. The Morgan fingerprint density at radius 2 is 1.02 bits per heavy atom. The van der Waals surface area contributed by atoms with Crippen LogP contribution in [0.5, 0.6) is 0 Å². The Morgan fingerprint density at radius 3 is 1.50 bits per heavy atom. The number of rotatable bonds is 5. The molecule has 52 heavy (non-hydrogen) atoms. The van der Waals surface area contributed by atoms with Crippen LogP contribution in [0.4, 0.5) is 9.59 Å². The normalized spacial score (nSPS) is 20.8. The van der Waals surface area contributed by atoms with Crippen molar-refractivity contribution < 1.29 is 19.1 Å². The third kappa shape index (κ3) is 7.56. The van der Waals surface area contributed by atoms with Gasteiger partial charge in [0, 0.05) is 18.7 Å². The van der Waals surface area contributed by atoms with Gasteiger partial charge in [0.15, 0.2) is 0 Å². The van der Waals surface area contributed by atoms with Crippen molar-refractivity contribution in [1.82, 2.24) is 29.7 Å². The number of hydrogen-bond donors (Lipinski definition) is 2. The largest absolute Gasteiger partial charge is 0.444 e. The standard InChI is InChI=1S/C42H50N6O4/c1-25-17-35(47(23-25)39(49)51-41(3,4)5)37-43-21-33(45-37)28-11-9-27(10-12-28)29-13-14-31-20-32(16-15-30(31)19-29)34-22-44-38(46-34)36-18-26(2)24-48(36)40(50)52-42(6,7)8/h9-16,19-22,25-26,35-36H,17-18,23-24H2,1-8H3,(H,43,45)(H,44,46)/t25-,26-,35+,36+/m1/s1. The molecular formula is C42H50N6O4. The van der Waals surface area contributed by atoms with Crippen molar-refractivity contribution in [2.75, 3.05) is 13.1 Å². The number of nitrogens with one attached hydrogen (secondary N) is 2. The lowest BCUT2D eigenvalue weighted by Gasteiger charge is -2.27. The van der Waals surface area contributed by atoms with E-state index in [1.165, 1.54) is 0 Å². The summed E-state index contributed by atoms with van der Waals surface area (Å²) in [6.07, 6.45) is 4.79. The van der Waals surface area contributed by atoms with Gasteiger partial charge in [0.05, 0.1) is 35.9 Å². The molecule has 2 saturated heterocycles. The van der Waals surface area contributed by atoms with E-state index >= 15 is 0 Å². The van der Waals surface area contributed by atoms with Gasteiger partial charge in [-0.2, -0.15) is 0 Å². The summed E-state index contributed by atoms with van der Waals surface area (Å²) in [5.74, 6) is 2.29. The van der Waals surface area contributed by atoms with E-state index in [1.807, 2.05) is 53.9 Å². The van der Waals surface area contributed by atoms with Crippen molar-refractivity contribution in [3.63, 3.8) is 0 Å². The molecule has 4 heterocycles. The number of aromatic amines is 2. The van der Waals surface area contributed by atoms with E-state index in [0.717, 1.165) is 68.9 Å². The Hall–Kier alpha value is -5.12. The van der Waals surface area contributed by atoms with E-state index in [0.29, 0.717) is 24.9 Å². The molecular weight excluding hydrogens is 653 g/mol. The summed E-state index contributed by atoms with van der Waals surface area (Å²) in [6.45, 7) is 17.0. The van der Waals surface area contributed by atoms with Crippen LogP contribution in [0.1, 0.15) is 92.0 Å². The highest BCUT2D eigenvalue weighted by Gasteiger charge is 2.39. The molecule has 2 aromatic heterocycles. The van der Waals surface area contributed by atoms with Crippen molar-refractivity contribution in [3.05, 3.63) is 84.7 Å². The fourth-order valence-electron chi connectivity index (χ4n) is 7.40. The number of aromatic nitrogens is 4. The molecule has 7 rings (SSSR count). The van der Waals surface area contributed by atoms with Gasteiger partial charge in [-0.3, -0.25) is 9.80 Å². The van der Waals surface area contributed by atoms with E-state index < -0.39 is 11.2 Å². The summed E-state index contributed by atoms with van der Waals surface area (Å²) in [4.78, 5) is 46.0. The maximum Gasteiger partial charge on any atom is 0.410 e. The lowest BCUT2D eigenvalue weighted by Crippen LogP contribution is -2.37. The van der Waals surface area contributed by atoms with Gasteiger partial charge >= 0.3 is 12.2 Å². The van der Waals surface area contributed by atoms with Crippen LogP contribution in [0, 0.1) is 11.8 Å². The third-order valence-corrected chi connectivity index (χ3v) is 9.78. The quantitative estimate of drug-likeness (QED) is 0.188. The second-order valence-electron chi connectivity index (χ2n) is 16.7. The van der Waals surface area contributed by atoms with Gasteiger partial charge in [0.1, 0.15) is 22.9 Å². The minimum Gasteiger partial charge on any atom is -0.444 e. The fourth-order valence-corrected chi connectivity index (χ4v) is 7.40.